The first-order chi connectivity index (χ1) is 12.5. The molecule has 0 aromatic heterocycles. The maximum Gasteiger partial charge on any atom is 0.344 e. The lowest BCUT2D eigenvalue weighted by Gasteiger charge is -2.32. The molecule has 2 unspecified atom stereocenters. The number of rotatable bonds is 5. The fourth-order valence-electron chi connectivity index (χ4n) is 3.22. The summed E-state index contributed by atoms with van der Waals surface area (Å²) >= 11 is 0. The predicted molar refractivity (Wildman–Crippen MR) is 92.4 cm³/mol. The van der Waals surface area contributed by atoms with E-state index in [0.29, 0.717) is 34.1 Å². The number of aliphatic hydroxyl groups is 1. The van der Waals surface area contributed by atoms with Gasteiger partial charge in [-0.2, -0.15) is 0 Å². The van der Waals surface area contributed by atoms with Gasteiger partial charge in [-0.05, 0) is 30.3 Å². The van der Waals surface area contributed by atoms with E-state index in [0.717, 1.165) is 0 Å². The normalized spacial score (nSPS) is 18.6. The van der Waals surface area contributed by atoms with E-state index in [9.17, 15) is 9.90 Å². The van der Waals surface area contributed by atoms with Crippen molar-refractivity contribution in [2.45, 2.75) is 12.2 Å². The second-order valence-electron chi connectivity index (χ2n) is 5.64. The monoisotopic (exact) mass is 360 g/mol. The van der Waals surface area contributed by atoms with Crippen molar-refractivity contribution in [3.8, 4) is 23.0 Å². The standard InChI is InChI=1S/C19H20O7/c1-22-10-5-6-12(23-2)11(9-10)15-16-13(24-3)7-8-14(25-4)17(16)19(21)26-18(15)20/h5-9,15,18,20H,1-4H3. The Morgan fingerprint density at radius 2 is 1.50 bits per heavy atom. The minimum Gasteiger partial charge on any atom is -0.497 e. The minimum atomic E-state index is -1.42. The van der Waals surface area contributed by atoms with Crippen LogP contribution in [0, 0.1) is 0 Å². The summed E-state index contributed by atoms with van der Waals surface area (Å²) in [5.41, 5.74) is 1.29. The Labute approximate surface area is 151 Å². The fraction of sp³-hybridized carbons (Fsp3) is 0.316. The number of aliphatic hydroxyl groups excluding tert-OH is 1. The molecule has 1 N–H and O–H groups in total. The molecule has 3 rings (SSSR count). The van der Waals surface area contributed by atoms with Crippen molar-refractivity contribution in [2.75, 3.05) is 28.4 Å². The summed E-state index contributed by atoms with van der Waals surface area (Å²) in [5.74, 6) is 0.451. The van der Waals surface area contributed by atoms with Crippen LogP contribution in [0.1, 0.15) is 27.4 Å². The van der Waals surface area contributed by atoms with Gasteiger partial charge in [-0.15, -0.1) is 0 Å². The van der Waals surface area contributed by atoms with E-state index in [4.69, 9.17) is 23.7 Å². The zero-order chi connectivity index (χ0) is 18.8. The fourth-order valence-corrected chi connectivity index (χ4v) is 3.22. The average molecular weight is 360 g/mol. The number of esters is 1. The van der Waals surface area contributed by atoms with Crippen LogP contribution in [-0.2, 0) is 4.74 Å². The van der Waals surface area contributed by atoms with Crippen molar-refractivity contribution in [3.63, 3.8) is 0 Å². The van der Waals surface area contributed by atoms with Crippen LogP contribution in [0.4, 0.5) is 0 Å². The quantitative estimate of drug-likeness (QED) is 0.820. The highest BCUT2D eigenvalue weighted by Crippen LogP contribution is 2.47. The average Bonchev–Trinajstić information content (AvgIpc) is 2.66. The third kappa shape index (κ3) is 2.80. The third-order valence-electron chi connectivity index (χ3n) is 4.41. The van der Waals surface area contributed by atoms with E-state index in [2.05, 4.69) is 0 Å². The van der Waals surface area contributed by atoms with Crippen molar-refractivity contribution < 1.29 is 33.6 Å². The first kappa shape index (κ1) is 17.9. The van der Waals surface area contributed by atoms with Gasteiger partial charge in [-0.3, -0.25) is 0 Å². The van der Waals surface area contributed by atoms with Crippen molar-refractivity contribution in [3.05, 3.63) is 47.0 Å². The topological polar surface area (TPSA) is 83.5 Å². The van der Waals surface area contributed by atoms with Crippen molar-refractivity contribution in [2.24, 2.45) is 0 Å². The van der Waals surface area contributed by atoms with Gasteiger partial charge in [0, 0.05) is 11.1 Å². The summed E-state index contributed by atoms with van der Waals surface area (Å²) in [6.07, 6.45) is -1.42. The van der Waals surface area contributed by atoms with Crippen LogP contribution in [-0.4, -0.2) is 45.8 Å². The van der Waals surface area contributed by atoms with Crippen molar-refractivity contribution in [1.29, 1.82) is 0 Å². The van der Waals surface area contributed by atoms with Gasteiger partial charge in [0.1, 0.15) is 28.6 Å². The number of methoxy groups -OCH3 is 4. The second-order valence-corrected chi connectivity index (χ2v) is 5.64. The molecule has 0 bridgehead atoms. The molecule has 1 heterocycles. The molecule has 1 aliphatic heterocycles. The molecule has 7 nitrogen and oxygen atoms in total. The molecule has 2 atom stereocenters. The maximum atomic E-state index is 12.4. The molecule has 0 amide bonds. The highest BCUT2D eigenvalue weighted by atomic mass is 16.6. The van der Waals surface area contributed by atoms with E-state index >= 15 is 0 Å². The predicted octanol–water partition coefficient (Wildman–Crippen LogP) is 2.34. The molecule has 0 saturated heterocycles. The van der Waals surface area contributed by atoms with E-state index in [1.165, 1.54) is 21.3 Å². The van der Waals surface area contributed by atoms with Crippen LogP contribution in [0.15, 0.2) is 30.3 Å². The van der Waals surface area contributed by atoms with Crippen LogP contribution in [0.5, 0.6) is 23.0 Å². The largest absolute Gasteiger partial charge is 0.497 e. The van der Waals surface area contributed by atoms with Crippen LogP contribution >= 0.6 is 0 Å². The lowest BCUT2D eigenvalue weighted by atomic mass is 9.84. The van der Waals surface area contributed by atoms with Crippen molar-refractivity contribution >= 4 is 5.97 Å². The lowest BCUT2D eigenvalue weighted by molar-refractivity contribution is -0.0797. The van der Waals surface area contributed by atoms with Crippen LogP contribution < -0.4 is 18.9 Å². The minimum absolute atomic E-state index is 0.215. The Bertz CT molecular complexity index is 831. The Hall–Kier alpha value is -2.93. The lowest BCUT2D eigenvalue weighted by Crippen LogP contribution is -2.33. The number of hydrogen-bond acceptors (Lipinski definition) is 7. The number of carbonyl (C=O) groups is 1. The van der Waals surface area contributed by atoms with Gasteiger partial charge in [0.2, 0.25) is 6.29 Å². The summed E-state index contributed by atoms with van der Waals surface area (Å²) in [5, 5.41) is 10.6. The third-order valence-corrected chi connectivity index (χ3v) is 4.41. The second kappa shape index (κ2) is 7.13. The van der Waals surface area contributed by atoms with Gasteiger partial charge in [-0.25, -0.2) is 4.79 Å². The molecule has 0 aliphatic carbocycles. The van der Waals surface area contributed by atoms with Gasteiger partial charge in [0.25, 0.3) is 0 Å². The van der Waals surface area contributed by atoms with E-state index in [1.54, 1.807) is 37.4 Å². The van der Waals surface area contributed by atoms with Gasteiger partial charge in [-0.1, -0.05) is 0 Å². The van der Waals surface area contributed by atoms with Gasteiger partial charge >= 0.3 is 5.97 Å². The number of benzene rings is 2. The van der Waals surface area contributed by atoms with Gasteiger partial charge in [0.15, 0.2) is 0 Å². The van der Waals surface area contributed by atoms with Crippen LogP contribution in [0.3, 0.4) is 0 Å². The Morgan fingerprint density at radius 3 is 2.12 bits per heavy atom. The molecule has 1 aliphatic rings. The van der Waals surface area contributed by atoms with Gasteiger partial charge < -0.3 is 28.8 Å². The molecule has 0 saturated carbocycles. The molecule has 138 valence electrons. The summed E-state index contributed by atoms with van der Waals surface area (Å²) < 4.78 is 26.7. The number of ether oxygens (including phenoxy) is 5. The molecular weight excluding hydrogens is 340 g/mol. The molecule has 7 heteroatoms. The number of fused-ring (bicyclic) bond motifs is 1. The molecule has 0 fully saturated rings. The Balaban J connectivity index is 2.31. The maximum absolute atomic E-state index is 12.4. The van der Waals surface area contributed by atoms with Crippen molar-refractivity contribution in [1.82, 2.24) is 0 Å². The smallest absolute Gasteiger partial charge is 0.344 e. The number of hydrogen-bond donors (Lipinski definition) is 1. The molecule has 2 aromatic rings. The molecule has 0 spiro atoms. The zero-order valence-electron chi connectivity index (χ0n) is 14.9. The van der Waals surface area contributed by atoms with E-state index < -0.39 is 18.2 Å². The zero-order valence-corrected chi connectivity index (χ0v) is 14.9. The number of carbonyl (C=O) groups excluding carboxylic acids is 1. The van der Waals surface area contributed by atoms with E-state index in [-0.39, 0.29) is 5.56 Å². The molecule has 26 heavy (non-hydrogen) atoms. The highest BCUT2D eigenvalue weighted by Gasteiger charge is 2.41. The SMILES string of the molecule is COc1ccc(OC)c(C2c3c(OC)ccc(OC)c3C(=O)OC2O)c1. The summed E-state index contributed by atoms with van der Waals surface area (Å²) in [4.78, 5) is 12.4. The highest BCUT2D eigenvalue weighted by molar-refractivity contribution is 5.97. The summed E-state index contributed by atoms with van der Waals surface area (Å²) in [6.45, 7) is 0. The summed E-state index contributed by atoms with van der Waals surface area (Å²) in [7, 11) is 6.02. The Morgan fingerprint density at radius 1 is 0.885 bits per heavy atom. The first-order valence-corrected chi connectivity index (χ1v) is 7.91. The number of cyclic esters (lactones) is 1. The van der Waals surface area contributed by atoms with Crippen LogP contribution in [0.25, 0.3) is 0 Å². The molecule has 0 radical (unpaired) electrons. The summed E-state index contributed by atoms with van der Waals surface area (Å²) in [6, 6.07) is 8.50. The Kier molecular flexibility index (Phi) is 4.90. The molecular formula is C19H20O7. The first-order valence-electron chi connectivity index (χ1n) is 7.91. The van der Waals surface area contributed by atoms with Crippen LogP contribution in [0.2, 0.25) is 0 Å². The van der Waals surface area contributed by atoms with Gasteiger partial charge in [0.05, 0.1) is 34.4 Å². The molecule has 2 aromatic carbocycles. The van der Waals surface area contributed by atoms with E-state index in [1.807, 2.05) is 0 Å².